The van der Waals surface area contributed by atoms with Crippen LogP contribution in [0.3, 0.4) is 0 Å². The van der Waals surface area contributed by atoms with E-state index < -0.39 is 0 Å². The molecule has 338 valence electrons. The van der Waals surface area contributed by atoms with Gasteiger partial charge in [-0.2, -0.15) is 0 Å². The lowest BCUT2D eigenvalue weighted by Gasteiger charge is -2.81. The summed E-state index contributed by atoms with van der Waals surface area (Å²) in [6.07, 6.45) is 25.4. The van der Waals surface area contributed by atoms with Crippen LogP contribution in [0.4, 0.5) is 0 Å². The number of piperazine rings is 2. The van der Waals surface area contributed by atoms with Gasteiger partial charge in [0.2, 0.25) is 0 Å². The second-order valence-electron chi connectivity index (χ2n) is 26.6. The molecule has 9 aliphatic heterocycles. The molecule has 7 saturated carbocycles. The Balaban J connectivity index is 0.820. The van der Waals surface area contributed by atoms with E-state index in [1.807, 2.05) is 0 Å². The van der Waals surface area contributed by atoms with Crippen molar-refractivity contribution in [3.05, 3.63) is 66.5 Å². The highest BCUT2D eigenvalue weighted by Gasteiger charge is 2.85. The number of rotatable bonds is 3. The topological polar surface area (TPSA) is 51.6 Å². The van der Waals surface area contributed by atoms with E-state index in [0.717, 1.165) is 185 Å². The monoisotopic (exact) mass is 874 g/mol. The molecule has 0 spiro atoms. The van der Waals surface area contributed by atoms with E-state index in [4.69, 9.17) is 15.0 Å². The van der Waals surface area contributed by atoms with Crippen molar-refractivity contribution in [3.63, 3.8) is 0 Å². The lowest BCUT2D eigenvalue weighted by Crippen LogP contribution is -2.90. The highest BCUT2D eigenvalue weighted by Crippen LogP contribution is 2.80. The summed E-state index contributed by atoms with van der Waals surface area (Å²) in [5.74, 6) is 14.8. The van der Waals surface area contributed by atoms with Crippen molar-refractivity contribution in [3.8, 4) is 22.8 Å². The molecule has 9 heteroatoms. The first-order chi connectivity index (χ1) is 32.8. The highest BCUT2D eigenvalue weighted by molar-refractivity contribution is 6.68. The molecule has 25 atom stereocenters. The minimum atomic E-state index is 0.400. The van der Waals surface area contributed by atoms with Crippen LogP contribution < -0.4 is 0 Å². The lowest BCUT2D eigenvalue weighted by molar-refractivity contribution is -0.198. The molecule has 0 radical (unpaired) electrons. The second kappa shape index (κ2) is 12.8. The molecular weight excluding hydrogens is 804 g/mol. The van der Waals surface area contributed by atoms with Crippen LogP contribution in [0.25, 0.3) is 22.8 Å². The summed E-state index contributed by atoms with van der Waals surface area (Å²) in [6.45, 7) is 1.90. The van der Waals surface area contributed by atoms with E-state index in [9.17, 15) is 0 Å². The van der Waals surface area contributed by atoms with Crippen molar-refractivity contribution in [2.75, 3.05) is 0 Å². The van der Waals surface area contributed by atoms with Crippen molar-refractivity contribution < 1.29 is 0 Å². The molecule has 0 amide bonds. The predicted molar refractivity (Wildman–Crippen MR) is 260 cm³/mol. The average Bonchev–Trinajstić information content (AvgIpc) is 4.03. The number of nitrogens with zero attached hydrogens (tertiary/aromatic N) is 7. The van der Waals surface area contributed by atoms with E-state index in [0.29, 0.717) is 5.92 Å². The van der Waals surface area contributed by atoms with Gasteiger partial charge in [-0.05, 0) is 135 Å². The molecule has 2 aromatic carbocycles. The molecule has 1 aromatic heterocycles. The summed E-state index contributed by atoms with van der Waals surface area (Å²) in [5, 5.41) is 0. The summed E-state index contributed by atoms with van der Waals surface area (Å²) in [4.78, 5) is 30.7. The fourth-order valence-electron chi connectivity index (χ4n) is 25.3. The van der Waals surface area contributed by atoms with Crippen LogP contribution in [0.5, 0.6) is 0 Å². The third-order valence-corrected chi connectivity index (χ3v) is 25.8. The molecule has 19 rings (SSSR count). The Morgan fingerprint density at radius 1 is 0.364 bits per heavy atom. The SMILES string of the molecule is c1ccc(-c2nc(-c3ccccc3)nc(C3CCC4C(C3)B3C5CCCCC5N5C6CCCC7C8CCC9C%10CCC%11C%12CCCC%13C%12N%12C%11C%10B%10C9C8N(C76)C6C%10C%12C(C3C65)N4%13)n2)cc1. The molecule has 7 aliphatic carbocycles. The van der Waals surface area contributed by atoms with Crippen molar-refractivity contribution in [1.29, 1.82) is 0 Å². The fraction of sp³-hybridized carbons (Fsp3) is 0.737. The first kappa shape index (κ1) is 37.3. The standard InChI is InChI=1S/C57H69B2N7/c1-3-11-28(12-4-1)55-60-56(29-13-5-2-6-14-29)62-57(61-55)30-21-26-40-38(27-30)58-37-17-7-8-18-39(37)63-41-19-9-15-33-35-24-22-31-32-23-25-36-34-16-10-20-42-48(34)66-50(36)44(32)59-43(31)49(35)65(47(33)41)53-46(59)54(66)52(64(40)42)45(58)51(53)63/h1-6,11-14,30-54H,7-10,15-27H2. The van der Waals surface area contributed by atoms with Gasteiger partial charge < -0.3 is 0 Å². The van der Waals surface area contributed by atoms with Crippen LogP contribution in [0.1, 0.15) is 121 Å². The van der Waals surface area contributed by atoms with Crippen molar-refractivity contribution in [2.24, 2.45) is 35.5 Å². The number of aromatic nitrogens is 3. The maximum Gasteiger partial charge on any atom is 0.163 e. The molecule has 10 heterocycles. The van der Waals surface area contributed by atoms with E-state index in [1.54, 1.807) is 38.5 Å². The summed E-state index contributed by atoms with van der Waals surface area (Å²) >= 11 is 0. The number of benzene rings is 2. The largest absolute Gasteiger partial charge is 0.292 e. The first-order valence-electron chi connectivity index (χ1n) is 28.8. The Kier molecular flexibility index (Phi) is 7.25. The minimum absolute atomic E-state index is 0.400. The smallest absolute Gasteiger partial charge is 0.163 e. The maximum absolute atomic E-state index is 5.55. The molecule has 3 aromatic rings. The van der Waals surface area contributed by atoms with Gasteiger partial charge >= 0.3 is 0 Å². The van der Waals surface area contributed by atoms with Gasteiger partial charge in [-0.25, -0.2) is 15.0 Å². The zero-order valence-electron chi connectivity index (χ0n) is 39.0. The molecule has 66 heavy (non-hydrogen) atoms. The molecular formula is C57H69B2N7. The van der Waals surface area contributed by atoms with Gasteiger partial charge in [0, 0.05) is 89.5 Å². The number of hydrogen-bond acceptors (Lipinski definition) is 7. The summed E-state index contributed by atoms with van der Waals surface area (Å²) in [5.41, 5.74) is 2.24. The second-order valence-corrected chi connectivity index (χ2v) is 26.6. The number of fused-ring (bicyclic) bond motifs is 11. The van der Waals surface area contributed by atoms with Gasteiger partial charge in [0.1, 0.15) is 5.82 Å². The van der Waals surface area contributed by atoms with E-state index in [1.165, 1.54) is 70.6 Å². The fourth-order valence-corrected chi connectivity index (χ4v) is 25.3. The van der Waals surface area contributed by atoms with Crippen LogP contribution in [-0.4, -0.2) is 120 Å². The van der Waals surface area contributed by atoms with Gasteiger partial charge in [-0.3, -0.25) is 19.6 Å². The summed E-state index contributed by atoms with van der Waals surface area (Å²) < 4.78 is 0. The quantitative estimate of drug-likeness (QED) is 0.243. The molecule has 7 nitrogen and oxygen atoms in total. The zero-order chi connectivity index (χ0) is 42.0. The van der Waals surface area contributed by atoms with Crippen LogP contribution in [0.2, 0.25) is 34.9 Å². The van der Waals surface area contributed by atoms with Gasteiger partial charge in [0.25, 0.3) is 0 Å². The Morgan fingerprint density at radius 2 is 0.864 bits per heavy atom. The van der Waals surface area contributed by atoms with Crippen LogP contribution >= 0.6 is 0 Å². The van der Waals surface area contributed by atoms with Crippen molar-refractivity contribution >= 4 is 13.4 Å². The lowest BCUT2D eigenvalue weighted by atomic mass is 9.14. The summed E-state index contributed by atoms with van der Waals surface area (Å²) in [7, 11) is 0. The highest BCUT2D eigenvalue weighted by atomic mass is 15.5. The third kappa shape index (κ3) is 4.19. The molecule has 16 aliphatic rings. The summed E-state index contributed by atoms with van der Waals surface area (Å²) in [6, 6.07) is 31.8. The van der Waals surface area contributed by atoms with E-state index in [2.05, 4.69) is 80.3 Å². The zero-order valence-corrected chi connectivity index (χ0v) is 39.0. The van der Waals surface area contributed by atoms with Crippen molar-refractivity contribution in [2.45, 2.75) is 222 Å². The van der Waals surface area contributed by atoms with Crippen LogP contribution in [-0.2, 0) is 0 Å². The van der Waals surface area contributed by atoms with Gasteiger partial charge in [0.15, 0.2) is 25.1 Å². The number of hydrogen-bond donors (Lipinski definition) is 0. The molecule has 16 fully saturated rings. The third-order valence-electron chi connectivity index (χ3n) is 25.8. The average molecular weight is 874 g/mol. The normalized spacial score (nSPS) is 54.4. The Bertz CT molecular complexity index is 2450. The molecule has 0 bridgehead atoms. The molecule has 25 unspecified atom stereocenters. The van der Waals surface area contributed by atoms with Gasteiger partial charge in [0.05, 0.1) is 0 Å². The minimum Gasteiger partial charge on any atom is -0.292 e. The van der Waals surface area contributed by atoms with Crippen LogP contribution in [0.15, 0.2) is 60.7 Å². The van der Waals surface area contributed by atoms with Crippen LogP contribution in [0, 0.1) is 35.5 Å². The van der Waals surface area contributed by atoms with Gasteiger partial charge in [-0.1, -0.05) is 106 Å². The Labute approximate surface area is 393 Å². The first-order valence-corrected chi connectivity index (χ1v) is 28.8. The van der Waals surface area contributed by atoms with E-state index >= 15 is 0 Å². The molecule has 9 saturated heterocycles. The Morgan fingerprint density at radius 3 is 1.47 bits per heavy atom. The van der Waals surface area contributed by atoms with E-state index in [-0.39, 0.29) is 0 Å². The van der Waals surface area contributed by atoms with Crippen molar-refractivity contribution in [1.82, 2.24) is 34.6 Å². The van der Waals surface area contributed by atoms with Gasteiger partial charge in [-0.15, -0.1) is 0 Å². The Hall–Kier alpha value is -2.58. The molecule has 0 N–H and O–H groups in total. The predicted octanol–water partition coefficient (Wildman–Crippen LogP) is 9.68. The maximum atomic E-state index is 5.55.